The summed E-state index contributed by atoms with van der Waals surface area (Å²) in [6.45, 7) is 3.86. The molecule has 22 N–H and O–H groups in total. The number of primary amides is 3. The van der Waals surface area contributed by atoms with Gasteiger partial charge < -0.3 is 92.5 Å². The van der Waals surface area contributed by atoms with E-state index in [0.29, 0.717) is 55.4 Å². The number of rotatable bonds is 42. The van der Waals surface area contributed by atoms with Crippen molar-refractivity contribution in [3.63, 3.8) is 0 Å². The van der Waals surface area contributed by atoms with Crippen LogP contribution in [0, 0.1) is 5.92 Å². The van der Waals surface area contributed by atoms with E-state index >= 15 is 0 Å². The molecule has 13 amide bonds. The summed E-state index contributed by atoms with van der Waals surface area (Å²) in [7, 11) is 0. The fourth-order valence-corrected chi connectivity index (χ4v) is 11.5. The van der Waals surface area contributed by atoms with Gasteiger partial charge in [-0.15, -0.1) is 0 Å². The summed E-state index contributed by atoms with van der Waals surface area (Å²) in [5.74, 6) is -9.80. The van der Waals surface area contributed by atoms with Crippen LogP contribution >= 0.6 is 11.8 Å². The maximum atomic E-state index is 14.7. The smallest absolute Gasteiger partial charge is 0.245 e. The largest absolute Gasteiger partial charge is 0.370 e. The molecule has 0 saturated carbocycles. The second kappa shape index (κ2) is 41.0. The van der Waals surface area contributed by atoms with Crippen molar-refractivity contribution in [3.05, 3.63) is 71.8 Å². The lowest BCUT2D eigenvalue weighted by Gasteiger charge is -2.32. The number of likely N-dealkylation sites (tertiary alicyclic amines) is 2. The Morgan fingerprint density at radius 3 is 1.51 bits per heavy atom. The number of thioether (sulfide) groups is 1. The highest BCUT2D eigenvalue weighted by molar-refractivity contribution is 7.98. The molecule has 2 saturated heterocycles. The summed E-state index contributed by atoms with van der Waals surface area (Å²) >= 11 is 1.45. The van der Waals surface area contributed by atoms with Crippen LogP contribution in [-0.4, -0.2) is 198 Å². The van der Waals surface area contributed by atoms with Crippen molar-refractivity contribution in [2.24, 2.45) is 51.0 Å². The van der Waals surface area contributed by atoms with Crippen LogP contribution in [0.5, 0.6) is 0 Å². The van der Waals surface area contributed by atoms with E-state index in [0.717, 1.165) is 0 Å². The minimum atomic E-state index is -1.64. The van der Waals surface area contributed by atoms with E-state index < -0.39 is 169 Å². The van der Waals surface area contributed by atoms with Crippen LogP contribution in [0.1, 0.15) is 121 Å². The van der Waals surface area contributed by atoms with Crippen molar-refractivity contribution in [1.82, 2.24) is 52.3 Å². The number of nitrogens with one attached hydrogen (secondary N) is 8. The molecule has 2 aliphatic rings. The van der Waals surface area contributed by atoms with E-state index in [9.17, 15) is 62.3 Å². The standard InChI is InChI=1S/C63H98N18O13S/c1-37(2)33-45(57(89)74-41(53(68)85)27-32-95-3)73-52(84)36-72-54(86)46(34-38-15-6-4-7-16-38)78-58(90)47(35-39-17-8-5-9-18-39)79-56(88)42(23-25-50(66)82)75-55(87)43(24-26-51(67)83)76-59(91)49-22-14-31-81(49)62(94)44(20-10-11-28-64)77-60(92)48-21-13-30-80(48)61(93)40(65)19-12-29-71-63(69)70/h4-9,15-18,37,40-49H,10-14,19-36,64-65H2,1-3H3,(H2,66,82)(H2,67,83)(H2,68,85)(H,72,86)(H,73,84)(H,74,89)(H,75,87)(H,76,91)(H,77,92)(H,78,90)(H,79,88)(H4,69,70,71)/t40-,41+,42-,43-,44+,45-,46+,47-,48+,49-/m1/s1. The molecule has 32 heteroatoms. The Hall–Kier alpha value is -8.91. The average Bonchev–Trinajstić information content (AvgIpc) is 1.74. The molecule has 0 aromatic heterocycles. The van der Waals surface area contributed by atoms with Gasteiger partial charge >= 0.3 is 0 Å². The number of nitrogens with two attached hydrogens (primary N) is 7. The second-order valence-electron chi connectivity index (χ2n) is 24.1. The highest BCUT2D eigenvalue weighted by Crippen LogP contribution is 2.24. The minimum Gasteiger partial charge on any atom is -0.370 e. The van der Waals surface area contributed by atoms with Gasteiger partial charge in [-0.3, -0.25) is 67.3 Å². The number of hydrogen-bond acceptors (Lipinski definition) is 17. The van der Waals surface area contributed by atoms with Crippen LogP contribution in [0.3, 0.4) is 0 Å². The van der Waals surface area contributed by atoms with Gasteiger partial charge in [0, 0.05) is 45.3 Å². The SMILES string of the molecule is CSCC[C@H](NC(=O)[C@@H](CC(C)C)NC(=O)CNC(=O)[C@H](Cc1ccccc1)NC(=O)[C@@H](Cc1ccccc1)NC(=O)[C@@H](CCC(N)=O)NC(=O)[C@@H](CCC(N)=O)NC(=O)[C@H]1CCCN1C(=O)[C@H](CCCCN)NC(=O)[C@@H]1CCCN1C(=O)[C@H](N)CCCN=C(N)N)C(N)=O. The van der Waals surface area contributed by atoms with Crippen LogP contribution in [0.15, 0.2) is 65.7 Å². The summed E-state index contributed by atoms with van der Waals surface area (Å²) in [6.07, 6.45) is 3.12. The molecule has 0 aliphatic carbocycles. The third-order valence-electron chi connectivity index (χ3n) is 16.0. The Balaban J connectivity index is 1.56. The highest BCUT2D eigenvalue weighted by Gasteiger charge is 2.42. The number of benzene rings is 2. The van der Waals surface area contributed by atoms with Crippen molar-refractivity contribution in [3.8, 4) is 0 Å². The molecular formula is C63H98N18O13S. The van der Waals surface area contributed by atoms with Crippen LogP contribution in [0.25, 0.3) is 0 Å². The Bertz CT molecular complexity index is 2960. The van der Waals surface area contributed by atoms with Crippen molar-refractivity contribution >= 4 is 94.5 Å². The zero-order valence-electron chi connectivity index (χ0n) is 54.5. The molecule has 2 aliphatic heterocycles. The molecule has 4 rings (SSSR count). The summed E-state index contributed by atoms with van der Waals surface area (Å²) in [5, 5.41) is 21.1. The molecule has 2 fully saturated rings. The summed E-state index contributed by atoms with van der Waals surface area (Å²) < 4.78 is 0. The Morgan fingerprint density at radius 1 is 0.537 bits per heavy atom. The zero-order valence-corrected chi connectivity index (χ0v) is 55.3. The third kappa shape index (κ3) is 27.5. The van der Waals surface area contributed by atoms with Gasteiger partial charge in [0.05, 0.1) is 12.6 Å². The normalized spacial score (nSPS) is 16.8. The number of aliphatic imine (C=N–C) groups is 1. The molecule has 0 unspecified atom stereocenters. The maximum absolute atomic E-state index is 14.7. The first-order chi connectivity index (χ1) is 45.2. The molecule has 0 radical (unpaired) electrons. The molecule has 2 aromatic carbocycles. The molecule has 10 atom stereocenters. The lowest BCUT2D eigenvalue weighted by molar-refractivity contribution is -0.144. The van der Waals surface area contributed by atoms with Crippen molar-refractivity contribution in [2.45, 2.75) is 183 Å². The third-order valence-corrected chi connectivity index (χ3v) is 16.7. The van der Waals surface area contributed by atoms with Crippen molar-refractivity contribution < 1.29 is 62.3 Å². The number of carbonyl (C=O) groups excluding carboxylic acids is 13. The van der Waals surface area contributed by atoms with E-state index in [2.05, 4.69) is 47.5 Å². The molecule has 0 bridgehead atoms. The first-order valence-corrected chi connectivity index (χ1v) is 33.6. The Kier molecular flexibility index (Phi) is 33.9. The van der Waals surface area contributed by atoms with Gasteiger partial charge in [-0.05, 0) is 119 Å². The summed E-state index contributed by atoms with van der Waals surface area (Å²) in [4.78, 5) is 185. The van der Waals surface area contributed by atoms with Gasteiger partial charge in [-0.1, -0.05) is 74.5 Å². The van der Waals surface area contributed by atoms with Crippen LogP contribution in [-0.2, 0) is 75.2 Å². The summed E-state index contributed by atoms with van der Waals surface area (Å²) in [6, 6.07) is 4.51. The fourth-order valence-electron chi connectivity index (χ4n) is 11.0. The molecule has 524 valence electrons. The number of unbranched alkanes of at least 4 members (excludes halogenated alkanes) is 1. The number of guanidine groups is 1. The van der Waals surface area contributed by atoms with E-state index in [1.54, 1.807) is 60.7 Å². The topological polar surface area (TPSA) is 519 Å². The monoisotopic (exact) mass is 1350 g/mol. The zero-order chi connectivity index (χ0) is 70.1. The second-order valence-corrected chi connectivity index (χ2v) is 25.1. The van der Waals surface area contributed by atoms with E-state index in [4.69, 9.17) is 40.1 Å². The van der Waals surface area contributed by atoms with Crippen molar-refractivity contribution in [2.75, 3.05) is 44.7 Å². The van der Waals surface area contributed by atoms with Gasteiger partial charge in [-0.2, -0.15) is 11.8 Å². The maximum Gasteiger partial charge on any atom is 0.245 e. The minimum absolute atomic E-state index is 0.0736. The Morgan fingerprint density at radius 2 is 1.01 bits per heavy atom. The molecule has 2 aromatic rings. The number of amides is 13. The van der Waals surface area contributed by atoms with Crippen LogP contribution in [0.4, 0.5) is 0 Å². The highest BCUT2D eigenvalue weighted by atomic mass is 32.2. The number of carbonyl (C=O) groups is 13. The lowest BCUT2D eigenvalue weighted by atomic mass is 10.0. The number of nitrogens with zero attached hydrogens (tertiary/aromatic N) is 3. The predicted octanol–water partition coefficient (Wildman–Crippen LogP) is -3.71. The first-order valence-electron chi connectivity index (χ1n) is 32.2. The first kappa shape index (κ1) is 78.5. The average molecular weight is 1350 g/mol. The van der Waals surface area contributed by atoms with Crippen molar-refractivity contribution in [1.29, 1.82) is 0 Å². The van der Waals surface area contributed by atoms with Crippen LogP contribution < -0.4 is 82.7 Å². The van der Waals surface area contributed by atoms with Crippen LogP contribution in [0.2, 0.25) is 0 Å². The predicted molar refractivity (Wildman–Crippen MR) is 356 cm³/mol. The molecular weight excluding hydrogens is 1250 g/mol. The number of hydrogen-bond donors (Lipinski definition) is 15. The summed E-state index contributed by atoms with van der Waals surface area (Å²) in [5.41, 5.74) is 40.6. The molecule has 2 heterocycles. The lowest BCUT2D eigenvalue weighted by Crippen LogP contribution is -2.60. The van der Waals surface area contributed by atoms with E-state index in [-0.39, 0.29) is 83.0 Å². The van der Waals surface area contributed by atoms with E-state index in [1.165, 1.54) is 21.6 Å². The van der Waals surface area contributed by atoms with Gasteiger partial charge in [-0.25, -0.2) is 0 Å². The fraction of sp³-hybridized carbons (Fsp3) is 0.587. The van der Waals surface area contributed by atoms with Gasteiger partial charge in [0.15, 0.2) is 5.96 Å². The molecule has 31 nitrogen and oxygen atoms in total. The van der Waals surface area contributed by atoms with E-state index in [1.807, 2.05) is 20.1 Å². The van der Waals surface area contributed by atoms with Gasteiger partial charge in [0.1, 0.15) is 54.4 Å². The van der Waals surface area contributed by atoms with Gasteiger partial charge in [0.25, 0.3) is 0 Å². The quantitative estimate of drug-likeness (QED) is 0.0173. The Labute approximate surface area is 558 Å². The molecule has 0 spiro atoms. The molecule has 95 heavy (non-hydrogen) atoms. The van der Waals surface area contributed by atoms with Gasteiger partial charge in [0.2, 0.25) is 76.8 Å².